The molecule has 5 nitrogen and oxygen atoms in total. The Morgan fingerprint density at radius 1 is 1.08 bits per heavy atom. The van der Waals surface area contributed by atoms with Crippen LogP contribution in [0.4, 0.5) is 0 Å². The van der Waals surface area contributed by atoms with Gasteiger partial charge in [0.15, 0.2) is 5.78 Å². The van der Waals surface area contributed by atoms with Gasteiger partial charge < -0.3 is 20.4 Å². The van der Waals surface area contributed by atoms with Gasteiger partial charge in [0, 0.05) is 17.9 Å². The lowest BCUT2D eigenvalue weighted by Crippen LogP contribution is -2.70. The molecule has 5 heteroatoms. The van der Waals surface area contributed by atoms with Crippen LogP contribution in [-0.4, -0.2) is 51.1 Å². The van der Waals surface area contributed by atoms with E-state index in [0.29, 0.717) is 37.7 Å². The van der Waals surface area contributed by atoms with E-state index in [4.69, 9.17) is 0 Å². The summed E-state index contributed by atoms with van der Waals surface area (Å²) >= 11 is 0. The van der Waals surface area contributed by atoms with Gasteiger partial charge in [-0.05, 0) is 54.9 Å². The summed E-state index contributed by atoms with van der Waals surface area (Å²) in [4.78, 5) is 13.2. The number of ketones is 1. The normalized spacial score (nSPS) is 58.0. The number of hydrogen-bond donors (Lipinski definition) is 4. The zero-order valence-corrected chi connectivity index (χ0v) is 15.1. The van der Waals surface area contributed by atoms with E-state index in [1.807, 2.05) is 13.8 Å². The summed E-state index contributed by atoms with van der Waals surface area (Å²) in [5, 5.41) is 43.2. The highest BCUT2D eigenvalue weighted by molar-refractivity contribution is 6.04. The van der Waals surface area contributed by atoms with Crippen LogP contribution in [0.1, 0.15) is 46.0 Å². The molecule has 4 saturated carbocycles. The molecule has 4 aliphatic rings. The maximum Gasteiger partial charge on any atom is 0.170 e. The van der Waals surface area contributed by atoms with Crippen molar-refractivity contribution in [2.75, 3.05) is 6.61 Å². The van der Waals surface area contributed by atoms with Crippen molar-refractivity contribution in [2.24, 2.45) is 34.0 Å². The smallest absolute Gasteiger partial charge is 0.170 e. The Kier molecular flexibility index (Phi) is 3.64. The van der Waals surface area contributed by atoms with E-state index >= 15 is 0 Å². The molecule has 1 spiro atoms. The maximum absolute atomic E-state index is 13.2. The van der Waals surface area contributed by atoms with Gasteiger partial charge in [0.2, 0.25) is 0 Å². The summed E-state index contributed by atoms with van der Waals surface area (Å²) in [6.07, 6.45) is 0.459. The Labute approximate surface area is 148 Å². The van der Waals surface area contributed by atoms with Gasteiger partial charge in [-0.2, -0.15) is 0 Å². The fourth-order valence-electron chi connectivity index (χ4n) is 7.35. The predicted molar refractivity (Wildman–Crippen MR) is 91.5 cm³/mol. The Morgan fingerprint density at radius 3 is 2.40 bits per heavy atom. The Bertz CT molecular complexity index is 632. The zero-order chi connectivity index (χ0) is 18.4. The summed E-state index contributed by atoms with van der Waals surface area (Å²) in [7, 11) is 0. The van der Waals surface area contributed by atoms with Gasteiger partial charge in [0.1, 0.15) is 0 Å². The molecule has 0 aromatic carbocycles. The lowest BCUT2D eigenvalue weighted by Gasteiger charge is -2.66. The van der Waals surface area contributed by atoms with E-state index in [1.165, 1.54) is 0 Å². The van der Waals surface area contributed by atoms with Gasteiger partial charge in [-0.15, -0.1) is 0 Å². The van der Waals surface area contributed by atoms with Crippen LogP contribution < -0.4 is 0 Å². The molecule has 0 aromatic rings. The fourth-order valence-corrected chi connectivity index (χ4v) is 7.35. The highest BCUT2D eigenvalue weighted by Gasteiger charge is 2.75. The number of aliphatic hydroxyl groups is 4. The van der Waals surface area contributed by atoms with Gasteiger partial charge in [-0.3, -0.25) is 4.79 Å². The van der Waals surface area contributed by atoms with Crippen LogP contribution in [0.25, 0.3) is 0 Å². The van der Waals surface area contributed by atoms with Crippen molar-refractivity contribution in [1.29, 1.82) is 0 Å². The number of fused-ring (bicyclic) bond motifs is 3. The quantitative estimate of drug-likeness (QED) is 0.530. The second kappa shape index (κ2) is 5.16. The molecule has 2 bridgehead atoms. The third-order valence-electron chi connectivity index (χ3n) is 8.77. The summed E-state index contributed by atoms with van der Waals surface area (Å²) in [6.45, 7) is 7.94. The first-order valence-electron chi connectivity index (χ1n) is 9.54. The zero-order valence-electron chi connectivity index (χ0n) is 15.1. The predicted octanol–water partition coefficient (Wildman–Crippen LogP) is 1.04. The van der Waals surface area contributed by atoms with E-state index in [2.05, 4.69) is 6.58 Å². The first kappa shape index (κ1) is 17.7. The Balaban J connectivity index is 1.90. The van der Waals surface area contributed by atoms with Crippen LogP contribution >= 0.6 is 0 Å². The first-order valence-corrected chi connectivity index (χ1v) is 9.54. The van der Waals surface area contributed by atoms with Crippen molar-refractivity contribution in [3.05, 3.63) is 12.2 Å². The molecule has 0 aliphatic heterocycles. The van der Waals surface area contributed by atoms with Crippen molar-refractivity contribution in [2.45, 2.75) is 64.3 Å². The fraction of sp³-hybridized carbons (Fsp3) is 0.850. The van der Waals surface area contributed by atoms with Gasteiger partial charge in [-0.1, -0.05) is 20.4 Å². The molecule has 9 atom stereocenters. The van der Waals surface area contributed by atoms with E-state index in [-0.39, 0.29) is 30.1 Å². The van der Waals surface area contributed by atoms with Crippen molar-refractivity contribution in [1.82, 2.24) is 0 Å². The van der Waals surface area contributed by atoms with Crippen LogP contribution in [0.5, 0.6) is 0 Å². The molecule has 140 valence electrons. The average molecular weight is 350 g/mol. The van der Waals surface area contributed by atoms with Crippen LogP contribution in [0.2, 0.25) is 0 Å². The van der Waals surface area contributed by atoms with Crippen LogP contribution in [-0.2, 0) is 4.79 Å². The first-order chi connectivity index (χ1) is 11.7. The molecule has 0 amide bonds. The van der Waals surface area contributed by atoms with Gasteiger partial charge >= 0.3 is 0 Å². The molecule has 4 N–H and O–H groups in total. The van der Waals surface area contributed by atoms with Crippen molar-refractivity contribution in [3.63, 3.8) is 0 Å². The molecule has 4 aliphatic carbocycles. The number of rotatable bonds is 1. The molecule has 0 radical (unpaired) electrons. The standard InChI is InChI=1S/C20H30O5/c1-10-11-4-5-12-19(3)13(18(2,9-21)7-6-14(19)22)8-15(23)20(12,16(10)24)17(11)25/h11-15,17,21-23,25H,1,4-9H2,2-3H3/t11-,12-,13+,14-,15+,17+,18+,19-,20-/m0/s1. The second-order valence-electron chi connectivity index (χ2n) is 9.51. The van der Waals surface area contributed by atoms with E-state index < -0.39 is 34.6 Å². The minimum absolute atomic E-state index is 0.00174. The van der Waals surface area contributed by atoms with Crippen molar-refractivity contribution in [3.8, 4) is 0 Å². The number of carbonyl (C=O) groups is 1. The third kappa shape index (κ3) is 1.76. The molecular formula is C20H30O5. The van der Waals surface area contributed by atoms with Crippen molar-refractivity contribution >= 4 is 5.78 Å². The second-order valence-corrected chi connectivity index (χ2v) is 9.51. The molecule has 4 rings (SSSR count). The average Bonchev–Trinajstić information content (AvgIpc) is 2.70. The number of carbonyl (C=O) groups excluding carboxylic acids is 1. The molecule has 0 heterocycles. The lowest BCUT2D eigenvalue weighted by atomic mass is 9.39. The molecule has 0 unspecified atom stereocenters. The Morgan fingerprint density at radius 2 is 1.76 bits per heavy atom. The molecular weight excluding hydrogens is 320 g/mol. The van der Waals surface area contributed by atoms with Crippen molar-refractivity contribution < 1.29 is 25.2 Å². The van der Waals surface area contributed by atoms with E-state index in [9.17, 15) is 25.2 Å². The number of hydrogen-bond acceptors (Lipinski definition) is 5. The molecule has 4 fully saturated rings. The van der Waals surface area contributed by atoms with Gasteiger partial charge in [0.05, 0.1) is 23.7 Å². The minimum atomic E-state index is -1.24. The topological polar surface area (TPSA) is 98.0 Å². The summed E-state index contributed by atoms with van der Waals surface area (Å²) in [5.74, 6) is -0.871. The largest absolute Gasteiger partial charge is 0.396 e. The molecule has 0 aromatic heterocycles. The monoisotopic (exact) mass is 350 g/mol. The molecule has 0 saturated heterocycles. The summed E-state index contributed by atoms with van der Waals surface area (Å²) in [5.41, 5.74) is -1.80. The number of Topliss-reactive ketones (excluding diaryl/α,β-unsaturated/α-hetero) is 1. The SMILES string of the molecule is C=C1C(=O)[C@@]23[C@H](O)C[C@@H]4[C@@](C)(CO)CC[C@H](O)[C@@]4(C)[C@@H]2CC[C@@H]1[C@H]3O. The maximum atomic E-state index is 13.2. The van der Waals surface area contributed by atoms with Gasteiger partial charge in [0.25, 0.3) is 0 Å². The number of aliphatic hydroxyl groups excluding tert-OH is 4. The minimum Gasteiger partial charge on any atom is -0.396 e. The third-order valence-corrected chi connectivity index (χ3v) is 8.77. The van der Waals surface area contributed by atoms with Crippen LogP contribution in [0, 0.1) is 34.0 Å². The highest BCUT2D eigenvalue weighted by atomic mass is 16.3. The van der Waals surface area contributed by atoms with Crippen LogP contribution in [0.3, 0.4) is 0 Å². The summed E-state index contributed by atoms with van der Waals surface area (Å²) < 4.78 is 0. The highest BCUT2D eigenvalue weighted by Crippen LogP contribution is 2.70. The van der Waals surface area contributed by atoms with Crippen LogP contribution in [0.15, 0.2) is 12.2 Å². The van der Waals surface area contributed by atoms with Gasteiger partial charge in [-0.25, -0.2) is 0 Å². The van der Waals surface area contributed by atoms with E-state index in [0.717, 1.165) is 0 Å². The molecule has 25 heavy (non-hydrogen) atoms. The lowest BCUT2D eigenvalue weighted by molar-refractivity contribution is -0.256. The summed E-state index contributed by atoms with van der Waals surface area (Å²) in [6, 6.07) is 0. The Hall–Kier alpha value is -0.750. The van der Waals surface area contributed by atoms with E-state index in [1.54, 1.807) is 0 Å².